The van der Waals surface area contributed by atoms with Crippen LogP contribution in [0.5, 0.6) is 0 Å². The molecule has 0 aliphatic rings. The average Bonchev–Trinajstić information content (AvgIpc) is 3.07. The van der Waals surface area contributed by atoms with Crippen LogP contribution in [0, 0.1) is 23.0 Å². The lowest BCUT2D eigenvalue weighted by molar-refractivity contribution is 0.585. The van der Waals surface area contributed by atoms with Gasteiger partial charge < -0.3 is 0 Å². The Bertz CT molecular complexity index is 1190. The summed E-state index contributed by atoms with van der Waals surface area (Å²) >= 11 is 5.82. The highest BCUT2D eigenvalue weighted by atomic mass is 35.5. The highest BCUT2D eigenvalue weighted by Gasteiger charge is 2.16. The van der Waals surface area contributed by atoms with Crippen molar-refractivity contribution in [1.29, 1.82) is 5.26 Å². The fourth-order valence-corrected chi connectivity index (χ4v) is 2.94. The minimum Gasteiger partial charge on any atom is -0.291 e. The van der Waals surface area contributed by atoms with Crippen LogP contribution >= 0.6 is 11.6 Å². The normalized spacial score (nSPS) is 10.8. The lowest BCUT2D eigenvalue weighted by Gasteiger charge is -2.11. The molecule has 0 spiro atoms. The van der Waals surface area contributed by atoms with Gasteiger partial charge in [-0.05, 0) is 24.3 Å². The summed E-state index contributed by atoms with van der Waals surface area (Å²) in [4.78, 5) is 8.40. The van der Waals surface area contributed by atoms with Crippen LogP contribution in [0.2, 0.25) is 5.02 Å². The van der Waals surface area contributed by atoms with Gasteiger partial charge in [-0.25, -0.2) is 13.8 Å². The van der Waals surface area contributed by atoms with Crippen LogP contribution in [0.15, 0.2) is 55.0 Å². The van der Waals surface area contributed by atoms with E-state index >= 15 is 0 Å². The van der Waals surface area contributed by atoms with Crippen molar-refractivity contribution >= 4 is 17.2 Å². The number of pyridine rings is 2. The number of nitriles is 1. The summed E-state index contributed by atoms with van der Waals surface area (Å²) in [5.41, 5.74) is 2.74. The minimum atomic E-state index is -0.830. The maximum Gasteiger partial charge on any atom is 0.144 e. The Morgan fingerprint density at radius 3 is 2.69 bits per heavy atom. The van der Waals surface area contributed by atoms with Gasteiger partial charge in [-0.3, -0.25) is 9.38 Å². The monoisotopic (exact) mass is 366 g/mol. The van der Waals surface area contributed by atoms with E-state index in [1.54, 1.807) is 34.9 Å². The van der Waals surface area contributed by atoms with Gasteiger partial charge in [0.1, 0.15) is 29.0 Å². The number of imidazole rings is 1. The van der Waals surface area contributed by atoms with E-state index in [-0.39, 0.29) is 10.6 Å². The number of rotatable bonds is 2. The Balaban J connectivity index is 1.95. The molecule has 0 aliphatic carbocycles. The minimum absolute atomic E-state index is 0.0956. The van der Waals surface area contributed by atoms with Crippen LogP contribution < -0.4 is 0 Å². The zero-order chi connectivity index (χ0) is 18.3. The molecule has 1 aromatic carbocycles. The van der Waals surface area contributed by atoms with Crippen LogP contribution in [0.25, 0.3) is 28.0 Å². The smallest absolute Gasteiger partial charge is 0.144 e. The topological polar surface area (TPSA) is 54.0 Å². The number of fused-ring (bicyclic) bond motifs is 1. The molecule has 0 saturated carbocycles. The second kappa shape index (κ2) is 6.21. The van der Waals surface area contributed by atoms with Gasteiger partial charge in [0.2, 0.25) is 0 Å². The first-order chi connectivity index (χ1) is 12.6. The molecule has 0 N–H and O–H groups in total. The third kappa shape index (κ3) is 2.59. The van der Waals surface area contributed by atoms with E-state index in [1.807, 2.05) is 0 Å². The van der Waals surface area contributed by atoms with Gasteiger partial charge in [-0.15, -0.1) is 0 Å². The number of hydrogen-bond acceptors (Lipinski definition) is 3. The zero-order valence-corrected chi connectivity index (χ0v) is 13.9. The predicted octanol–water partition coefficient (Wildman–Crippen LogP) is 4.87. The Labute approximate surface area is 151 Å². The van der Waals surface area contributed by atoms with Gasteiger partial charge in [-0.2, -0.15) is 5.26 Å². The van der Waals surface area contributed by atoms with E-state index in [9.17, 15) is 14.0 Å². The number of nitrogens with zero attached hydrogens (tertiary/aromatic N) is 4. The summed E-state index contributed by atoms with van der Waals surface area (Å²) in [7, 11) is 0. The third-order valence-corrected chi connectivity index (χ3v) is 4.29. The van der Waals surface area contributed by atoms with Crippen molar-refractivity contribution in [1.82, 2.24) is 14.4 Å². The van der Waals surface area contributed by atoms with Crippen molar-refractivity contribution in [3.05, 3.63) is 77.3 Å². The van der Waals surface area contributed by atoms with Crippen molar-refractivity contribution in [2.45, 2.75) is 0 Å². The number of aromatic nitrogens is 3. The van der Waals surface area contributed by atoms with Crippen LogP contribution in [0.4, 0.5) is 8.78 Å². The molecule has 0 amide bonds. The Morgan fingerprint density at radius 2 is 1.88 bits per heavy atom. The molecule has 3 heterocycles. The fourth-order valence-electron chi connectivity index (χ4n) is 2.78. The van der Waals surface area contributed by atoms with Crippen LogP contribution in [-0.4, -0.2) is 14.4 Å². The van der Waals surface area contributed by atoms with Crippen LogP contribution in [0.3, 0.4) is 0 Å². The highest BCUT2D eigenvalue weighted by molar-refractivity contribution is 6.31. The molecule has 26 heavy (non-hydrogen) atoms. The molecule has 4 aromatic rings. The Kier molecular flexibility index (Phi) is 3.86. The van der Waals surface area contributed by atoms with E-state index in [4.69, 9.17) is 11.6 Å². The predicted molar refractivity (Wildman–Crippen MR) is 93.5 cm³/mol. The largest absolute Gasteiger partial charge is 0.291 e. The quantitative estimate of drug-likeness (QED) is 0.476. The van der Waals surface area contributed by atoms with Crippen molar-refractivity contribution < 1.29 is 8.78 Å². The van der Waals surface area contributed by atoms with E-state index in [2.05, 4.69) is 16.0 Å². The van der Waals surface area contributed by atoms with Crippen LogP contribution in [0.1, 0.15) is 5.69 Å². The van der Waals surface area contributed by atoms with Crippen molar-refractivity contribution in [3.63, 3.8) is 0 Å². The summed E-state index contributed by atoms with van der Waals surface area (Å²) in [5.74, 6) is -1.59. The lowest BCUT2D eigenvalue weighted by Crippen LogP contribution is -1.95. The Morgan fingerprint density at radius 1 is 1.04 bits per heavy atom. The first-order valence-corrected chi connectivity index (χ1v) is 7.94. The summed E-state index contributed by atoms with van der Waals surface area (Å²) < 4.78 is 29.5. The van der Waals surface area contributed by atoms with Gasteiger partial charge in [0.05, 0.1) is 16.9 Å². The number of halogens is 3. The molecule has 4 nitrogen and oxygen atoms in total. The summed E-state index contributed by atoms with van der Waals surface area (Å²) in [5, 5.41) is 9.00. The van der Waals surface area contributed by atoms with E-state index in [0.717, 1.165) is 6.07 Å². The van der Waals surface area contributed by atoms with Gasteiger partial charge in [0, 0.05) is 35.2 Å². The SMILES string of the molecule is N#Cc1cnc2ccc(-c3cccnc3-c3cc(Cl)c(F)cc3F)cn12. The summed E-state index contributed by atoms with van der Waals surface area (Å²) in [6.07, 6.45) is 4.72. The van der Waals surface area contributed by atoms with Gasteiger partial charge >= 0.3 is 0 Å². The van der Waals surface area contributed by atoms with E-state index in [1.165, 1.54) is 18.5 Å². The molecule has 0 aliphatic heterocycles. The molecule has 0 radical (unpaired) electrons. The van der Waals surface area contributed by atoms with Crippen molar-refractivity contribution in [2.24, 2.45) is 0 Å². The average molecular weight is 367 g/mol. The molecule has 4 rings (SSSR count). The molecule has 0 fully saturated rings. The molecule has 0 bridgehead atoms. The first kappa shape index (κ1) is 16.2. The summed E-state index contributed by atoms with van der Waals surface area (Å²) in [6.45, 7) is 0. The highest BCUT2D eigenvalue weighted by Crippen LogP contribution is 2.34. The fraction of sp³-hybridized carbons (Fsp3) is 0. The first-order valence-electron chi connectivity index (χ1n) is 7.56. The third-order valence-electron chi connectivity index (χ3n) is 4.00. The van der Waals surface area contributed by atoms with Crippen molar-refractivity contribution in [2.75, 3.05) is 0 Å². The van der Waals surface area contributed by atoms with Gasteiger partial charge in [0.15, 0.2) is 0 Å². The number of hydrogen-bond donors (Lipinski definition) is 0. The van der Waals surface area contributed by atoms with Gasteiger partial charge in [-0.1, -0.05) is 17.7 Å². The number of benzene rings is 1. The molecule has 0 saturated heterocycles. The van der Waals surface area contributed by atoms with Gasteiger partial charge in [0.25, 0.3) is 0 Å². The molecule has 0 atom stereocenters. The van der Waals surface area contributed by atoms with E-state index < -0.39 is 11.6 Å². The zero-order valence-electron chi connectivity index (χ0n) is 13.1. The maximum atomic E-state index is 14.3. The van der Waals surface area contributed by atoms with E-state index in [0.29, 0.717) is 28.2 Å². The Hall–Kier alpha value is -3.30. The molecular weight excluding hydrogens is 358 g/mol. The molecule has 7 heteroatoms. The second-order valence-electron chi connectivity index (χ2n) is 5.55. The molecule has 3 aromatic heterocycles. The summed E-state index contributed by atoms with van der Waals surface area (Å²) in [6, 6.07) is 11.0. The van der Waals surface area contributed by atoms with Crippen LogP contribution in [-0.2, 0) is 0 Å². The maximum absolute atomic E-state index is 14.3. The molecular formula is C19H9ClF2N4. The molecule has 0 unspecified atom stereocenters. The standard InChI is InChI=1S/C19H9ClF2N4/c20-15-6-14(16(21)7-17(15)22)19-13(2-1-5-24-19)11-3-4-18-25-9-12(8-23)26(18)10-11/h1-7,9-10H. The second-order valence-corrected chi connectivity index (χ2v) is 5.95. The van der Waals surface area contributed by atoms with Crippen molar-refractivity contribution in [3.8, 4) is 28.5 Å². The lowest BCUT2D eigenvalue weighted by atomic mass is 10.00. The molecule has 126 valence electrons.